The molecule has 0 aliphatic heterocycles. The lowest BCUT2D eigenvalue weighted by Crippen LogP contribution is -2.28. The fraction of sp³-hybridized carbons (Fsp3) is 0.350. The Bertz CT molecular complexity index is 692. The summed E-state index contributed by atoms with van der Waals surface area (Å²) in [5.74, 6) is 0.816. The molecule has 24 heavy (non-hydrogen) atoms. The van der Waals surface area contributed by atoms with E-state index in [1.54, 1.807) is 11.8 Å². The molecular weight excluding hydrogens is 318 g/mol. The molecule has 1 amide bonds. The third-order valence-corrected chi connectivity index (χ3v) is 4.49. The maximum Gasteiger partial charge on any atom is 0.252 e. The van der Waals surface area contributed by atoms with Crippen molar-refractivity contribution >= 4 is 17.7 Å². The van der Waals surface area contributed by atoms with Crippen LogP contribution in [0.3, 0.4) is 0 Å². The van der Waals surface area contributed by atoms with E-state index in [1.165, 1.54) is 5.56 Å². The highest BCUT2D eigenvalue weighted by atomic mass is 32.2. The topological polar surface area (TPSA) is 38.3 Å². The van der Waals surface area contributed by atoms with Crippen LogP contribution >= 0.6 is 11.8 Å². The molecule has 0 fully saturated rings. The molecule has 2 aromatic carbocycles. The number of thioether (sulfide) groups is 1. The van der Waals surface area contributed by atoms with Crippen molar-refractivity contribution in [2.45, 2.75) is 31.1 Å². The molecule has 0 aliphatic carbocycles. The van der Waals surface area contributed by atoms with E-state index < -0.39 is 0 Å². The Morgan fingerprint density at radius 2 is 1.75 bits per heavy atom. The van der Waals surface area contributed by atoms with Gasteiger partial charge in [0, 0.05) is 4.90 Å². The number of hydrogen-bond acceptors (Lipinski definition) is 3. The zero-order valence-electron chi connectivity index (χ0n) is 14.8. The summed E-state index contributed by atoms with van der Waals surface area (Å²) >= 11 is 1.57. The molecule has 0 bridgehead atoms. The van der Waals surface area contributed by atoms with E-state index in [0.29, 0.717) is 18.7 Å². The molecular formula is C20H25NO2S. The number of hydrogen-bond donors (Lipinski definition) is 1. The number of carbonyl (C=O) groups excluding carboxylic acids is 1. The number of para-hydroxylation sites is 1. The number of benzene rings is 2. The fourth-order valence-corrected chi connectivity index (χ4v) is 3.06. The van der Waals surface area contributed by atoms with Crippen LogP contribution in [0.15, 0.2) is 53.4 Å². The van der Waals surface area contributed by atoms with Gasteiger partial charge >= 0.3 is 0 Å². The second kappa shape index (κ2) is 8.25. The van der Waals surface area contributed by atoms with Crippen LogP contribution in [0.25, 0.3) is 0 Å². The van der Waals surface area contributed by atoms with E-state index in [1.807, 2.05) is 48.7 Å². The lowest BCUT2D eigenvalue weighted by molar-refractivity contribution is 0.0944. The number of amides is 1. The first-order chi connectivity index (χ1) is 11.4. The Balaban J connectivity index is 1.91. The third-order valence-electron chi connectivity index (χ3n) is 3.69. The highest BCUT2D eigenvalue weighted by molar-refractivity contribution is 7.98. The van der Waals surface area contributed by atoms with Gasteiger partial charge in [0.2, 0.25) is 0 Å². The first-order valence-corrected chi connectivity index (χ1v) is 9.29. The van der Waals surface area contributed by atoms with E-state index in [2.05, 4.69) is 32.2 Å². The molecule has 3 nitrogen and oxygen atoms in total. The summed E-state index contributed by atoms with van der Waals surface area (Å²) in [4.78, 5) is 13.3. The van der Waals surface area contributed by atoms with Crippen LogP contribution in [0.4, 0.5) is 0 Å². The largest absolute Gasteiger partial charge is 0.491 e. The molecule has 4 heteroatoms. The maximum atomic E-state index is 12.3. The minimum Gasteiger partial charge on any atom is -0.491 e. The quantitative estimate of drug-likeness (QED) is 0.619. The molecule has 0 radical (unpaired) electrons. The number of ether oxygens (including phenoxy) is 1. The molecule has 0 spiro atoms. The zero-order chi connectivity index (χ0) is 17.6. The normalized spacial score (nSPS) is 11.2. The van der Waals surface area contributed by atoms with E-state index in [4.69, 9.17) is 4.74 Å². The number of nitrogens with one attached hydrogen (secondary N) is 1. The van der Waals surface area contributed by atoms with Gasteiger partial charge in [-0.3, -0.25) is 4.79 Å². The van der Waals surface area contributed by atoms with Crippen LogP contribution in [0.5, 0.6) is 5.75 Å². The van der Waals surface area contributed by atoms with Gasteiger partial charge in [-0.15, -0.1) is 11.8 Å². The Labute approximate surface area is 148 Å². The van der Waals surface area contributed by atoms with Crippen molar-refractivity contribution in [3.63, 3.8) is 0 Å². The predicted molar refractivity (Wildman–Crippen MR) is 101 cm³/mol. The van der Waals surface area contributed by atoms with E-state index in [9.17, 15) is 4.79 Å². The third kappa shape index (κ3) is 4.78. The van der Waals surface area contributed by atoms with Crippen LogP contribution in [-0.2, 0) is 5.41 Å². The summed E-state index contributed by atoms with van der Waals surface area (Å²) < 4.78 is 5.89. The first kappa shape index (κ1) is 18.4. The van der Waals surface area contributed by atoms with Crippen LogP contribution in [0.2, 0.25) is 0 Å². The van der Waals surface area contributed by atoms with Crippen molar-refractivity contribution < 1.29 is 9.53 Å². The Hall–Kier alpha value is -1.94. The number of carbonyl (C=O) groups is 1. The average molecular weight is 343 g/mol. The maximum absolute atomic E-state index is 12.3. The van der Waals surface area contributed by atoms with Gasteiger partial charge in [-0.25, -0.2) is 0 Å². The van der Waals surface area contributed by atoms with Gasteiger partial charge in [-0.1, -0.05) is 51.1 Å². The fourth-order valence-electron chi connectivity index (χ4n) is 2.47. The van der Waals surface area contributed by atoms with E-state index >= 15 is 0 Å². The molecule has 0 aliphatic rings. The van der Waals surface area contributed by atoms with Crippen molar-refractivity contribution in [1.29, 1.82) is 0 Å². The van der Waals surface area contributed by atoms with Crippen LogP contribution in [0, 0.1) is 0 Å². The van der Waals surface area contributed by atoms with Crippen molar-refractivity contribution in [3.8, 4) is 5.75 Å². The van der Waals surface area contributed by atoms with Gasteiger partial charge in [0.25, 0.3) is 5.91 Å². The smallest absolute Gasteiger partial charge is 0.252 e. The molecule has 0 heterocycles. The molecule has 2 rings (SSSR count). The summed E-state index contributed by atoms with van der Waals surface area (Å²) in [6.45, 7) is 7.41. The molecule has 2 aromatic rings. The second-order valence-electron chi connectivity index (χ2n) is 6.55. The van der Waals surface area contributed by atoms with Crippen molar-refractivity contribution in [1.82, 2.24) is 5.32 Å². The van der Waals surface area contributed by atoms with Crippen molar-refractivity contribution in [2.24, 2.45) is 0 Å². The highest BCUT2D eigenvalue weighted by Crippen LogP contribution is 2.30. The first-order valence-electron chi connectivity index (χ1n) is 8.07. The monoisotopic (exact) mass is 343 g/mol. The summed E-state index contributed by atoms with van der Waals surface area (Å²) in [6.07, 6.45) is 1.97. The van der Waals surface area contributed by atoms with Gasteiger partial charge in [0.1, 0.15) is 12.4 Å². The minimum atomic E-state index is -0.0624. The van der Waals surface area contributed by atoms with Crippen LogP contribution in [-0.4, -0.2) is 25.3 Å². The van der Waals surface area contributed by atoms with Gasteiger partial charge in [-0.05, 0) is 35.4 Å². The summed E-state index contributed by atoms with van der Waals surface area (Å²) in [7, 11) is 0. The number of rotatable bonds is 6. The van der Waals surface area contributed by atoms with Gasteiger partial charge in [0.15, 0.2) is 0 Å². The van der Waals surface area contributed by atoms with E-state index in [0.717, 1.165) is 10.6 Å². The van der Waals surface area contributed by atoms with Crippen molar-refractivity contribution in [3.05, 3.63) is 59.7 Å². The predicted octanol–water partition coefficient (Wildman–Crippen LogP) is 4.51. The molecule has 0 saturated heterocycles. The van der Waals surface area contributed by atoms with Gasteiger partial charge in [0.05, 0.1) is 12.1 Å². The molecule has 1 N–H and O–H groups in total. The van der Waals surface area contributed by atoms with Crippen LogP contribution < -0.4 is 10.1 Å². The molecule has 0 saturated carbocycles. The second-order valence-corrected chi connectivity index (χ2v) is 7.40. The Kier molecular flexibility index (Phi) is 6.32. The molecule has 0 aromatic heterocycles. The average Bonchev–Trinajstić information content (AvgIpc) is 2.58. The zero-order valence-corrected chi connectivity index (χ0v) is 15.6. The highest BCUT2D eigenvalue weighted by Gasteiger charge is 2.18. The Morgan fingerprint density at radius 3 is 2.46 bits per heavy atom. The molecule has 128 valence electrons. The van der Waals surface area contributed by atoms with Gasteiger partial charge < -0.3 is 10.1 Å². The summed E-state index contributed by atoms with van der Waals surface area (Å²) in [6, 6.07) is 15.7. The van der Waals surface area contributed by atoms with E-state index in [-0.39, 0.29) is 11.3 Å². The standard InChI is InChI=1S/C20H25NO2S/c1-20(2,3)16-10-6-7-11-17(16)23-14-13-21-19(22)15-9-5-8-12-18(15)24-4/h5-12H,13-14H2,1-4H3,(H,21,22). The molecule has 0 atom stereocenters. The molecule has 0 unspecified atom stereocenters. The summed E-state index contributed by atoms with van der Waals surface area (Å²) in [5, 5.41) is 2.92. The summed E-state index contributed by atoms with van der Waals surface area (Å²) in [5.41, 5.74) is 1.90. The van der Waals surface area contributed by atoms with Crippen molar-refractivity contribution in [2.75, 3.05) is 19.4 Å². The van der Waals surface area contributed by atoms with Gasteiger partial charge in [-0.2, -0.15) is 0 Å². The minimum absolute atomic E-state index is 0.0249. The lowest BCUT2D eigenvalue weighted by atomic mass is 9.86. The Morgan fingerprint density at radius 1 is 1.08 bits per heavy atom. The van der Waals surface area contributed by atoms with Crippen LogP contribution in [0.1, 0.15) is 36.7 Å². The SMILES string of the molecule is CSc1ccccc1C(=O)NCCOc1ccccc1C(C)(C)C. The lowest BCUT2D eigenvalue weighted by Gasteiger charge is -2.22.